The van der Waals surface area contributed by atoms with Crippen LogP contribution in [0.5, 0.6) is 5.75 Å². The van der Waals surface area contributed by atoms with E-state index in [1.165, 1.54) is 0 Å². The number of halogens is 2. The number of carbonyl (C=O) groups excluding carboxylic acids is 1. The first kappa shape index (κ1) is 15.4. The van der Waals surface area contributed by atoms with Crippen LogP contribution in [0.4, 0.5) is 0 Å². The van der Waals surface area contributed by atoms with Gasteiger partial charge < -0.3 is 15.2 Å². The highest BCUT2D eigenvalue weighted by atomic mass is 35.5. The zero-order valence-electron chi connectivity index (χ0n) is 10.9. The van der Waals surface area contributed by atoms with Gasteiger partial charge in [0.2, 0.25) is 0 Å². The SMILES string of the molecule is O=C(COc1ccc(Cl)cc1Cl)NCC1CCCC1O. The van der Waals surface area contributed by atoms with Crippen molar-refractivity contribution in [1.82, 2.24) is 5.32 Å². The van der Waals surface area contributed by atoms with Crippen LogP contribution >= 0.6 is 23.2 Å². The summed E-state index contributed by atoms with van der Waals surface area (Å²) >= 11 is 11.7. The van der Waals surface area contributed by atoms with Gasteiger partial charge in [0.1, 0.15) is 5.75 Å². The van der Waals surface area contributed by atoms with E-state index in [1.807, 2.05) is 0 Å². The number of ether oxygens (including phenoxy) is 1. The fourth-order valence-electron chi connectivity index (χ4n) is 2.29. The molecule has 0 spiro atoms. The van der Waals surface area contributed by atoms with Gasteiger partial charge in [0, 0.05) is 17.5 Å². The van der Waals surface area contributed by atoms with Crippen LogP contribution in [0, 0.1) is 5.92 Å². The molecule has 110 valence electrons. The topological polar surface area (TPSA) is 58.6 Å². The molecule has 4 nitrogen and oxygen atoms in total. The second-order valence-corrected chi connectivity index (χ2v) is 5.77. The summed E-state index contributed by atoms with van der Waals surface area (Å²) in [6.45, 7) is 0.377. The number of rotatable bonds is 5. The van der Waals surface area contributed by atoms with Gasteiger partial charge in [-0.25, -0.2) is 0 Å². The summed E-state index contributed by atoms with van der Waals surface area (Å²) in [5.41, 5.74) is 0. The Morgan fingerprint density at radius 2 is 2.20 bits per heavy atom. The minimum Gasteiger partial charge on any atom is -0.482 e. The Bertz CT molecular complexity index is 481. The Morgan fingerprint density at radius 3 is 2.85 bits per heavy atom. The number of aliphatic hydroxyl groups excluding tert-OH is 1. The summed E-state index contributed by atoms with van der Waals surface area (Å²) in [6, 6.07) is 4.83. The number of benzene rings is 1. The van der Waals surface area contributed by atoms with Crippen molar-refractivity contribution in [1.29, 1.82) is 0 Å². The summed E-state index contributed by atoms with van der Waals surface area (Å²) in [5.74, 6) is 0.348. The lowest BCUT2D eigenvalue weighted by Gasteiger charge is -2.15. The van der Waals surface area contributed by atoms with Gasteiger partial charge >= 0.3 is 0 Å². The molecule has 0 aliphatic heterocycles. The smallest absolute Gasteiger partial charge is 0.257 e. The molecule has 0 radical (unpaired) electrons. The maximum absolute atomic E-state index is 11.7. The van der Waals surface area contributed by atoms with Gasteiger partial charge in [-0.15, -0.1) is 0 Å². The minimum atomic E-state index is -0.304. The molecule has 1 saturated carbocycles. The molecular weight excluding hydrogens is 301 g/mol. The molecule has 1 aromatic rings. The Balaban J connectivity index is 1.74. The van der Waals surface area contributed by atoms with Gasteiger partial charge in [-0.3, -0.25) is 4.79 Å². The van der Waals surface area contributed by atoms with E-state index in [2.05, 4.69) is 5.32 Å². The van der Waals surface area contributed by atoms with Crippen LogP contribution in [0.2, 0.25) is 10.0 Å². The third kappa shape index (κ3) is 4.27. The monoisotopic (exact) mass is 317 g/mol. The molecule has 1 amide bonds. The molecule has 20 heavy (non-hydrogen) atoms. The van der Waals surface area contributed by atoms with E-state index in [1.54, 1.807) is 18.2 Å². The van der Waals surface area contributed by atoms with Gasteiger partial charge in [0.25, 0.3) is 5.91 Å². The highest BCUT2D eigenvalue weighted by Crippen LogP contribution is 2.27. The molecule has 2 N–H and O–H groups in total. The van der Waals surface area contributed by atoms with Gasteiger partial charge in [0.15, 0.2) is 6.61 Å². The van der Waals surface area contributed by atoms with Crippen molar-refractivity contribution >= 4 is 29.1 Å². The molecule has 2 atom stereocenters. The molecule has 6 heteroatoms. The number of aliphatic hydroxyl groups is 1. The van der Waals surface area contributed by atoms with E-state index in [4.69, 9.17) is 27.9 Å². The number of nitrogens with one attached hydrogen (secondary N) is 1. The molecule has 0 bridgehead atoms. The van der Waals surface area contributed by atoms with Crippen molar-refractivity contribution in [3.8, 4) is 5.75 Å². The lowest BCUT2D eigenvalue weighted by molar-refractivity contribution is -0.123. The number of hydrogen-bond acceptors (Lipinski definition) is 3. The maximum atomic E-state index is 11.7. The Hall–Kier alpha value is -0.970. The summed E-state index contributed by atoms with van der Waals surface area (Å²) in [6.07, 6.45) is 2.48. The van der Waals surface area contributed by atoms with Crippen molar-refractivity contribution in [3.05, 3.63) is 28.2 Å². The lowest BCUT2D eigenvalue weighted by atomic mass is 10.1. The number of hydrogen-bond donors (Lipinski definition) is 2. The van der Waals surface area contributed by atoms with E-state index >= 15 is 0 Å². The molecular formula is C14H17Cl2NO3. The third-order valence-corrected chi connectivity index (χ3v) is 3.96. The lowest BCUT2D eigenvalue weighted by Crippen LogP contribution is -2.35. The molecule has 1 aromatic carbocycles. The van der Waals surface area contributed by atoms with Gasteiger partial charge in [-0.2, -0.15) is 0 Å². The first-order valence-corrected chi connectivity index (χ1v) is 7.34. The summed E-state index contributed by atoms with van der Waals surface area (Å²) in [4.78, 5) is 11.7. The number of carbonyl (C=O) groups is 1. The molecule has 1 aliphatic rings. The van der Waals surface area contributed by atoms with E-state index in [0.29, 0.717) is 22.3 Å². The van der Waals surface area contributed by atoms with Crippen molar-refractivity contribution in [2.24, 2.45) is 5.92 Å². The fourth-order valence-corrected chi connectivity index (χ4v) is 2.75. The minimum absolute atomic E-state index is 0.107. The first-order valence-electron chi connectivity index (χ1n) is 6.59. The maximum Gasteiger partial charge on any atom is 0.257 e. The highest BCUT2D eigenvalue weighted by Gasteiger charge is 2.25. The normalized spacial score (nSPS) is 21.8. The van der Waals surface area contributed by atoms with Crippen LogP contribution in [-0.2, 0) is 4.79 Å². The highest BCUT2D eigenvalue weighted by molar-refractivity contribution is 6.35. The zero-order valence-corrected chi connectivity index (χ0v) is 12.5. The first-order chi connectivity index (χ1) is 9.56. The van der Waals surface area contributed by atoms with Crippen LogP contribution in [0.1, 0.15) is 19.3 Å². The Kier molecular flexibility index (Phi) is 5.52. The molecule has 1 fully saturated rings. The predicted octanol–water partition coefficient (Wildman–Crippen LogP) is 2.65. The zero-order chi connectivity index (χ0) is 14.5. The Labute approximate surface area is 128 Å². The molecule has 1 aliphatic carbocycles. The summed E-state index contributed by atoms with van der Waals surface area (Å²) in [5, 5.41) is 13.3. The van der Waals surface area contributed by atoms with Crippen molar-refractivity contribution in [2.75, 3.05) is 13.2 Å². The average molecular weight is 318 g/mol. The molecule has 0 aromatic heterocycles. The standard InChI is InChI=1S/C14H17Cl2NO3/c15-10-4-5-13(11(16)6-10)20-8-14(19)17-7-9-2-1-3-12(9)18/h4-6,9,12,18H,1-3,7-8H2,(H,17,19). The summed E-state index contributed by atoms with van der Waals surface area (Å²) < 4.78 is 5.33. The van der Waals surface area contributed by atoms with E-state index in [-0.39, 0.29) is 24.5 Å². The fraction of sp³-hybridized carbons (Fsp3) is 0.500. The molecule has 0 saturated heterocycles. The van der Waals surface area contributed by atoms with Crippen molar-refractivity contribution < 1.29 is 14.6 Å². The van der Waals surface area contributed by atoms with Crippen LogP contribution in [0.15, 0.2) is 18.2 Å². The second-order valence-electron chi connectivity index (χ2n) is 4.93. The van der Waals surface area contributed by atoms with Gasteiger partial charge in [-0.1, -0.05) is 29.6 Å². The largest absolute Gasteiger partial charge is 0.482 e. The van der Waals surface area contributed by atoms with Crippen LogP contribution in [0.25, 0.3) is 0 Å². The molecule has 2 unspecified atom stereocenters. The molecule has 2 rings (SSSR count). The van der Waals surface area contributed by atoms with E-state index in [0.717, 1.165) is 19.3 Å². The molecule has 0 heterocycles. The average Bonchev–Trinajstić information content (AvgIpc) is 2.81. The predicted molar refractivity (Wildman–Crippen MR) is 78.3 cm³/mol. The summed E-state index contributed by atoms with van der Waals surface area (Å²) in [7, 11) is 0. The van der Waals surface area contributed by atoms with Gasteiger partial charge in [-0.05, 0) is 31.0 Å². The van der Waals surface area contributed by atoms with Crippen molar-refractivity contribution in [3.63, 3.8) is 0 Å². The third-order valence-electron chi connectivity index (χ3n) is 3.43. The van der Waals surface area contributed by atoms with Crippen molar-refractivity contribution in [2.45, 2.75) is 25.4 Å². The van der Waals surface area contributed by atoms with Crippen LogP contribution in [0.3, 0.4) is 0 Å². The second kappa shape index (κ2) is 7.16. The number of amides is 1. The van der Waals surface area contributed by atoms with E-state index < -0.39 is 0 Å². The quantitative estimate of drug-likeness (QED) is 0.877. The van der Waals surface area contributed by atoms with Gasteiger partial charge in [0.05, 0.1) is 11.1 Å². The van der Waals surface area contributed by atoms with Crippen LogP contribution in [-0.4, -0.2) is 30.3 Å². The van der Waals surface area contributed by atoms with Crippen LogP contribution < -0.4 is 10.1 Å². The Morgan fingerprint density at radius 1 is 1.40 bits per heavy atom. The van der Waals surface area contributed by atoms with E-state index in [9.17, 15) is 9.90 Å².